The summed E-state index contributed by atoms with van der Waals surface area (Å²) >= 11 is 3.26. The second kappa shape index (κ2) is 3.88. The molecule has 0 aliphatic carbocycles. The van der Waals surface area contributed by atoms with Crippen LogP contribution >= 0.6 is 15.9 Å². The number of hydrogen-bond donors (Lipinski definition) is 0. The normalized spacial score (nSPS) is 10.4. The molecule has 0 fully saturated rings. The average Bonchev–Trinajstić information content (AvgIpc) is 2.70. The van der Waals surface area contributed by atoms with E-state index in [0.717, 1.165) is 5.56 Å². The average molecular weight is 256 g/mol. The molecule has 0 saturated heterocycles. The van der Waals surface area contributed by atoms with Crippen molar-refractivity contribution in [3.05, 3.63) is 42.2 Å². The van der Waals surface area contributed by atoms with Gasteiger partial charge in [-0.25, -0.2) is 14.1 Å². The summed E-state index contributed by atoms with van der Waals surface area (Å²) in [5.74, 6) is -0.299. The van der Waals surface area contributed by atoms with Crippen molar-refractivity contribution in [1.29, 1.82) is 0 Å². The van der Waals surface area contributed by atoms with Gasteiger partial charge < -0.3 is 0 Å². The predicted octanol–water partition coefficient (Wildman–Crippen LogP) is 2.30. The second-order valence-corrected chi connectivity index (χ2v) is 3.32. The molecule has 1 aromatic carbocycles. The predicted molar refractivity (Wildman–Crippen MR) is 53.9 cm³/mol. The van der Waals surface area contributed by atoms with Crippen LogP contribution in [0.3, 0.4) is 0 Å². The van der Waals surface area contributed by atoms with E-state index in [9.17, 15) is 4.39 Å². The Balaban J connectivity index is 2.46. The smallest absolute Gasteiger partial charge is 0.149 e. The van der Waals surface area contributed by atoms with Crippen LogP contribution in [0.2, 0.25) is 0 Å². The summed E-state index contributed by atoms with van der Waals surface area (Å²) in [5, 5.41) is 4.50. The summed E-state index contributed by atoms with van der Waals surface area (Å²) in [4.78, 5) is 3.76. The third-order valence-electron chi connectivity index (χ3n) is 1.83. The van der Waals surface area contributed by atoms with Crippen molar-refractivity contribution in [2.45, 2.75) is 5.33 Å². The van der Waals surface area contributed by atoms with Crippen LogP contribution in [0, 0.1) is 5.82 Å². The monoisotopic (exact) mass is 255 g/mol. The summed E-state index contributed by atoms with van der Waals surface area (Å²) < 4.78 is 14.9. The number of aromatic nitrogens is 3. The van der Waals surface area contributed by atoms with Gasteiger partial charge >= 0.3 is 0 Å². The molecular weight excluding hydrogens is 249 g/mol. The number of alkyl halides is 1. The number of hydrogen-bond acceptors (Lipinski definition) is 2. The Morgan fingerprint density at radius 1 is 1.43 bits per heavy atom. The van der Waals surface area contributed by atoms with Crippen molar-refractivity contribution in [1.82, 2.24) is 14.8 Å². The van der Waals surface area contributed by atoms with Gasteiger partial charge in [-0.15, -0.1) is 0 Å². The zero-order valence-corrected chi connectivity index (χ0v) is 8.78. The second-order valence-electron chi connectivity index (χ2n) is 2.76. The van der Waals surface area contributed by atoms with Crippen molar-refractivity contribution in [2.75, 3.05) is 0 Å². The lowest BCUT2D eigenvalue weighted by molar-refractivity contribution is 0.609. The van der Waals surface area contributed by atoms with Gasteiger partial charge in [0.25, 0.3) is 0 Å². The fourth-order valence-electron chi connectivity index (χ4n) is 1.15. The first-order chi connectivity index (χ1) is 6.81. The van der Waals surface area contributed by atoms with E-state index in [4.69, 9.17) is 0 Å². The van der Waals surface area contributed by atoms with Crippen LogP contribution < -0.4 is 0 Å². The van der Waals surface area contributed by atoms with E-state index in [1.807, 2.05) is 6.07 Å². The Morgan fingerprint density at radius 3 is 2.86 bits per heavy atom. The molecule has 0 aliphatic rings. The Morgan fingerprint density at radius 2 is 2.29 bits per heavy atom. The lowest BCUT2D eigenvalue weighted by Gasteiger charge is -2.03. The molecule has 0 bridgehead atoms. The highest BCUT2D eigenvalue weighted by Gasteiger charge is 2.05. The van der Waals surface area contributed by atoms with Crippen LogP contribution in [-0.4, -0.2) is 14.8 Å². The molecule has 1 aromatic heterocycles. The van der Waals surface area contributed by atoms with Gasteiger partial charge in [-0.3, -0.25) is 0 Å². The van der Waals surface area contributed by atoms with E-state index in [0.29, 0.717) is 11.0 Å². The molecule has 0 unspecified atom stereocenters. The minimum Gasteiger partial charge on any atom is -0.223 e. The minimum atomic E-state index is -0.299. The quantitative estimate of drug-likeness (QED) is 0.772. The number of halogens is 2. The summed E-state index contributed by atoms with van der Waals surface area (Å²) in [6.45, 7) is 0. The molecule has 0 amide bonds. The molecular formula is C9H7BrFN3. The number of benzene rings is 1. The number of rotatable bonds is 2. The largest absolute Gasteiger partial charge is 0.223 e. The van der Waals surface area contributed by atoms with Gasteiger partial charge in [0.05, 0.1) is 0 Å². The molecule has 0 atom stereocenters. The molecule has 5 heteroatoms. The maximum atomic E-state index is 13.5. The fourth-order valence-corrected chi connectivity index (χ4v) is 1.50. The number of nitrogens with zero attached hydrogens (tertiary/aromatic N) is 3. The lowest BCUT2D eigenvalue weighted by Crippen LogP contribution is -1.98. The van der Waals surface area contributed by atoms with E-state index in [-0.39, 0.29) is 5.82 Å². The van der Waals surface area contributed by atoms with E-state index in [1.54, 1.807) is 6.07 Å². The first-order valence-corrected chi connectivity index (χ1v) is 5.13. The van der Waals surface area contributed by atoms with Gasteiger partial charge in [0, 0.05) is 5.33 Å². The Bertz CT molecular complexity index is 428. The molecule has 14 heavy (non-hydrogen) atoms. The first-order valence-electron chi connectivity index (χ1n) is 4.00. The minimum absolute atomic E-state index is 0.299. The topological polar surface area (TPSA) is 30.7 Å². The summed E-state index contributed by atoms with van der Waals surface area (Å²) in [5.41, 5.74) is 1.30. The van der Waals surface area contributed by atoms with Gasteiger partial charge in [-0.05, 0) is 17.7 Å². The van der Waals surface area contributed by atoms with E-state index >= 15 is 0 Å². The highest BCUT2D eigenvalue weighted by Crippen LogP contribution is 2.15. The highest BCUT2D eigenvalue weighted by molar-refractivity contribution is 9.08. The third kappa shape index (κ3) is 1.68. The fraction of sp³-hybridized carbons (Fsp3) is 0.111. The zero-order valence-electron chi connectivity index (χ0n) is 7.19. The Labute approximate surface area is 88.7 Å². The van der Waals surface area contributed by atoms with Crippen molar-refractivity contribution >= 4 is 15.9 Å². The Hall–Kier alpha value is -1.23. The SMILES string of the molecule is Fc1cc(CBr)ccc1-n1cncn1. The molecule has 0 spiro atoms. The van der Waals surface area contributed by atoms with Gasteiger partial charge in [0.15, 0.2) is 0 Å². The molecule has 72 valence electrons. The van der Waals surface area contributed by atoms with Gasteiger partial charge in [-0.2, -0.15) is 5.10 Å². The molecule has 0 N–H and O–H groups in total. The summed E-state index contributed by atoms with van der Waals surface area (Å²) in [7, 11) is 0. The van der Waals surface area contributed by atoms with Crippen LogP contribution in [0.5, 0.6) is 0 Å². The molecule has 0 radical (unpaired) electrons. The standard InChI is InChI=1S/C9H7BrFN3/c10-4-7-1-2-9(8(11)3-7)14-6-12-5-13-14/h1-3,5-6H,4H2. The lowest BCUT2D eigenvalue weighted by atomic mass is 10.2. The molecule has 2 rings (SSSR count). The molecule has 3 nitrogen and oxygen atoms in total. The van der Waals surface area contributed by atoms with E-state index in [1.165, 1.54) is 23.4 Å². The van der Waals surface area contributed by atoms with Crippen LogP contribution in [0.15, 0.2) is 30.9 Å². The highest BCUT2D eigenvalue weighted by atomic mass is 79.9. The zero-order chi connectivity index (χ0) is 9.97. The molecule has 0 aliphatic heterocycles. The van der Waals surface area contributed by atoms with Crippen molar-refractivity contribution in [3.8, 4) is 5.69 Å². The maximum absolute atomic E-state index is 13.5. The summed E-state index contributed by atoms with van der Waals surface area (Å²) in [6.07, 6.45) is 2.84. The van der Waals surface area contributed by atoms with Crippen LogP contribution in [0.1, 0.15) is 5.56 Å². The van der Waals surface area contributed by atoms with Crippen molar-refractivity contribution < 1.29 is 4.39 Å². The maximum Gasteiger partial charge on any atom is 0.149 e. The van der Waals surface area contributed by atoms with Crippen molar-refractivity contribution in [2.24, 2.45) is 0 Å². The first kappa shape index (κ1) is 9.33. The summed E-state index contributed by atoms with van der Waals surface area (Å²) in [6, 6.07) is 5.00. The van der Waals surface area contributed by atoms with Crippen LogP contribution in [0.4, 0.5) is 4.39 Å². The van der Waals surface area contributed by atoms with E-state index < -0.39 is 0 Å². The van der Waals surface area contributed by atoms with Crippen molar-refractivity contribution in [3.63, 3.8) is 0 Å². The van der Waals surface area contributed by atoms with E-state index in [2.05, 4.69) is 26.0 Å². The molecule has 2 aromatic rings. The van der Waals surface area contributed by atoms with Crippen LogP contribution in [0.25, 0.3) is 5.69 Å². The van der Waals surface area contributed by atoms with Gasteiger partial charge in [0.1, 0.15) is 24.2 Å². The van der Waals surface area contributed by atoms with Gasteiger partial charge in [0.2, 0.25) is 0 Å². The molecule has 1 heterocycles. The van der Waals surface area contributed by atoms with Crippen LogP contribution in [-0.2, 0) is 5.33 Å². The molecule has 0 saturated carbocycles. The van der Waals surface area contributed by atoms with Gasteiger partial charge in [-0.1, -0.05) is 22.0 Å². The Kier molecular flexibility index (Phi) is 2.58. The third-order valence-corrected chi connectivity index (χ3v) is 2.48.